The molecular formula is C15H29NO2. The van der Waals surface area contributed by atoms with Crippen molar-refractivity contribution in [3.63, 3.8) is 0 Å². The molecule has 0 spiro atoms. The molecule has 0 heterocycles. The van der Waals surface area contributed by atoms with E-state index in [9.17, 15) is 4.79 Å². The van der Waals surface area contributed by atoms with E-state index in [4.69, 9.17) is 4.74 Å². The van der Waals surface area contributed by atoms with Crippen molar-refractivity contribution < 1.29 is 9.53 Å². The molecule has 3 nitrogen and oxygen atoms in total. The summed E-state index contributed by atoms with van der Waals surface area (Å²) in [4.78, 5) is 11.1. The molecule has 1 aliphatic rings. The van der Waals surface area contributed by atoms with Crippen molar-refractivity contribution in [1.82, 2.24) is 5.32 Å². The van der Waals surface area contributed by atoms with Crippen LogP contribution in [-0.2, 0) is 9.53 Å². The van der Waals surface area contributed by atoms with E-state index < -0.39 is 0 Å². The molecule has 0 aromatic rings. The van der Waals surface area contributed by atoms with E-state index in [1.807, 2.05) is 6.92 Å². The minimum absolute atomic E-state index is 0.0519. The third kappa shape index (κ3) is 6.39. The van der Waals surface area contributed by atoms with Crippen LogP contribution >= 0.6 is 0 Å². The number of rotatable bonds is 9. The fourth-order valence-electron chi connectivity index (χ4n) is 2.72. The predicted octanol–water partition coefficient (Wildman–Crippen LogP) is 3.28. The minimum Gasteiger partial charge on any atom is -0.466 e. The Hall–Kier alpha value is -0.570. The van der Waals surface area contributed by atoms with Gasteiger partial charge in [-0.2, -0.15) is 0 Å². The van der Waals surface area contributed by atoms with Gasteiger partial charge >= 0.3 is 5.97 Å². The SMILES string of the molecule is CCOC(=O)CCCCCNCC1(C)CCCC1. The third-order valence-corrected chi connectivity index (χ3v) is 3.90. The van der Waals surface area contributed by atoms with Crippen LogP contribution < -0.4 is 5.32 Å². The van der Waals surface area contributed by atoms with Gasteiger partial charge in [0, 0.05) is 13.0 Å². The number of carbonyl (C=O) groups excluding carboxylic acids is 1. The largest absolute Gasteiger partial charge is 0.466 e. The summed E-state index contributed by atoms with van der Waals surface area (Å²) in [7, 11) is 0. The second-order valence-electron chi connectivity index (χ2n) is 5.81. The zero-order valence-electron chi connectivity index (χ0n) is 12.1. The molecule has 3 heteroatoms. The summed E-state index contributed by atoms with van der Waals surface area (Å²) in [5.41, 5.74) is 0.547. The first-order valence-corrected chi connectivity index (χ1v) is 7.53. The van der Waals surface area contributed by atoms with Gasteiger partial charge in [0.05, 0.1) is 6.61 Å². The molecule has 1 saturated carbocycles. The predicted molar refractivity (Wildman–Crippen MR) is 74.5 cm³/mol. The number of nitrogens with one attached hydrogen (secondary N) is 1. The molecule has 0 amide bonds. The Labute approximate surface area is 112 Å². The summed E-state index contributed by atoms with van der Waals surface area (Å²) in [6.45, 7) is 6.99. The third-order valence-electron chi connectivity index (χ3n) is 3.90. The van der Waals surface area contributed by atoms with Crippen molar-refractivity contribution in [3.05, 3.63) is 0 Å². The molecule has 0 saturated heterocycles. The Morgan fingerprint density at radius 1 is 1.22 bits per heavy atom. The van der Waals surface area contributed by atoms with Gasteiger partial charge in [-0.3, -0.25) is 4.79 Å². The quantitative estimate of drug-likeness (QED) is 0.507. The molecule has 0 unspecified atom stereocenters. The lowest BCUT2D eigenvalue weighted by Crippen LogP contribution is -2.30. The molecule has 0 bridgehead atoms. The first kappa shape index (κ1) is 15.5. The first-order chi connectivity index (χ1) is 8.66. The molecule has 1 N–H and O–H groups in total. The van der Waals surface area contributed by atoms with E-state index in [-0.39, 0.29) is 5.97 Å². The van der Waals surface area contributed by atoms with Gasteiger partial charge in [-0.1, -0.05) is 26.2 Å². The van der Waals surface area contributed by atoms with Crippen LogP contribution in [0.25, 0.3) is 0 Å². The van der Waals surface area contributed by atoms with Crippen LogP contribution in [0.5, 0.6) is 0 Å². The van der Waals surface area contributed by atoms with Crippen molar-refractivity contribution in [2.45, 2.75) is 65.2 Å². The van der Waals surface area contributed by atoms with Gasteiger partial charge in [0.2, 0.25) is 0 Å². The number of unbranched alkanes of at least 4 members (excludes halogenated alkanes) is 2. The Balaban J connectivity index is 1.88. The van der Waals surface area contributed by atoms with Gasteiger partial charge in [0.1, 0.15) is 0 Å². The Bertz CT molecular complexity index is 235. The lowest BCUT2D eigenvalue weighted by Gasteiger charge is -2.23. The molecule has 106 valence electrons. The number of ether oxygens (including phenoxy) is 1. The minimum atomic E-state index is -0.0519. The molecule has 1 fully saturated rings. The van der Waals surface area contributed by atoms with E-state index in [1.165, 1.54) is 25.7 Å². The van der Waals surface area contributed by atoms with Crippen LogP contribution in [0.15, 0.2) is 0 Å². The van der Waals surface area contributed by atoms with E-state index in [2.05, 4.69) is 12.2 Å². The molecule has 0 radical (unpaired) electrons. The summed E-state index contributed by atoms with van der Waals surface area (Å²) < 4.78 is 4.90. The van der Waals surface area contributed by atoms with Gasteiger partial charge in [-0.05, 0) is 44.6 Å². The zero-order valence-corrected chi connectivity index (χ0v) is 12.1. The highest BCUT2D eigenvalue weighted by molar-refractivity contribution is 5.69. The van der Waals surface area contributed by atoms with Crippen LogP contribution in [-0.4, -0.2) is 25.7 Å². The summed E-state index contributed by atoms with van der Waals surface area (Å²) >= 11 is 0. The standard InChI is InChI=1S/C15H29NO2/c1-3-18-14(17)9-5-4-8-12-16-13-15(2)10-6-7-11-15/h16H,3-13H2,1-2H3. The maximum atomic E-state index is 11.1. The molecule has 1 aliphatic carbocycles. The molecule has 1 rings (SSSR count). The topological polar surface area (TPSA) is 38.3 Å². The number of esters is 1. The highest BCUT2D eigenvalue weighted by Gasteiger charge is 2.27. The Morgan fingerprint density at radius 3 is 2.61 bits per heavy atom. The smallest absolute Gasteiger partial charge is 0.305 e. The van der Waals surface area contributed by atoms with Crippen molar-refractivity contribution in [3.8, 4) is 0 Å². The molecule has 18 heavy (non-hydrogen) atoms. The van der Waals surface area contributed by atoms with Crippen LogP contribution in [0.4, 0.5) is 0 Å². The lowest BCUT2D eigenvalue weighted by atomic mass is 9.89. The van der Waals surface area contributed by atoms with Crippen molar-refractivity contribution >= 4 is 5.97 Å². The van der Waals surface area contributed by atoms with Gasteiger partial charge in [-0.15, -0.1) is 0 Å². The lowest BCUT2D eigenvalue weighted by molar-refractivity contribution is -0.143. The van der Waals surface area contributed by atoms with E-state index in [0.29, 0.717) is 18.4 Å². The van der Waals surface area contributed by atoms with Gasteiger partial charge in [0.15, 0.2) is 0 Å². The first-order valence-electron chi connectivity index (χ1n) is 7.53. The Morgan fingerprint density at radius 2 is 1.94 bits per heavy atom. The molecule has 0 atom stereocenters. The molecule has 0 aromatic carbocycles. The van der Waals surface area contributed by atoms with Crippen molar-refractivity contribution in [2.24, 2.45) is 5.41 Å². The van der Waals surface area contributed by atoms with Gasteiger partial charge in [-0.25, -0.2) is 0 Å². The number of hydrogen-bond donors (Lipinski definition) is 1. The average Bonchev–Trinajstić information content (AvgIpc) is 2.75. The van der Waals surface area contributed by atoms with Crippen LogP contribution in [0.3, 0.4) is 0 Å². The number of hydrogen-bond acceptors (Lipinski definition) is 3. The van der Waals surface area contributed by atoms with Gasteiger partial charge in [0.25, 0.3) is 0 Å². The monoisotopic (exact) mass is 255 g/mol. The Kier molecular flexibility index (Phi) is 7.33. The fraction of sp³-hybridized carbons (Fsp3) is 0.933. The fourth-order valence-corrected chi connectivity index (χ4v) is 2.72. The summed E-state index contributed by atoms with van der Waals surface area (Å²) in [6.07, 6.45) is 9.36. The second kappa shape index (κ2) is 8.52. The molecule has 0 aromatic heterocycles. The van der Waals surface area contributed by atoms with E-state index in [1.54, 1.807) is 0 Å². The van der Waals surface area contributed by atoms with Crippen LogP contribution in [0.2, 0.25) is 0 Å². The normalized spacial score (nSPS) is 17.9. The van der Waals surface area contributed by atoms with Gasteiger partial charge < -0.3 is 10.1 Å². The average molecular weight is 255 g/mol. The van der Waals surface area contributed by atoms with Crippen LogP contribution in [0, 0.1) is 5.41 Å². The maximum absolute atomic E-state index is 11.1. The summed E-state index contributed by atoms with van der Waals surface area (Å²) in [6, 6.07) is 0. The number of carbonyl (C=O) groups is 1. The van der Waals surface area contributed by atoms with Crippen LogP contribution in [0.1, 0.15) is 65.2 Å². The van der Waals surface area contributed by atoms with E-state index >= 15 is 0 Å². The summed E-state index contributed by atoms with van der Waals surface area (Å²) in [5.74, 6) is -0.0519. The highest BCUT2D eigenvalue weighted by atomic mass is 16.5. The maximum Gasteiger partial charge on any atom is 0.305 e. The van der Waals surface area contributed by atoms with Crippen molar-refractivity contribution in [2.75, 3.05) is 19.7 Å². The van der Waals surface area contributed by atoms with Crippen molar-refractivity contribution in [1.29, 1.82) is 0 Å². The second-order valence-corrected chi connectivity index (χ2v) is 5.81. The highest BCUT2D eigenvalue weighted by Crippen LogP contribution is 2.36. The zero-order chi connectivity index (χ0) is 13.3. The summed E-state index contributed by atoms with van der Waals surface area (Å²) in [5, 5.41) is 3.56. The van der Waals surface area contributed by atoms with E-state index in [0.717, 1.165) is 32.4 Å². The molecule has 0 aliphatic heterocycles. The molecular weight excluding hydrogens is 226 g/mol.